The van der Waals surface area contributed by atoms with Crippen LogP contribution >= 0.6 is 35.4 Å². The second kappa shape index (κ2) is 12.0. The normalized spacial score (nSPS) is 16.7. The molecule has 5 rings (SSSR count). The van der Waals surface area contributed by atoms with Crippen molar-refractivity contribution in [2.24, 2.45) is 0 Å². The maximum atomic E-state index is 13.1. The van der Waals surface area contributed by atoms with E-state index in [9.17, 15) is 4.79 Å². The number of hydrogen-bond donors (Lipinski definition) is 2. The van der Waals surface area contributed by atoms with Gasteiger partial charge in [0.25, 0.3) is 0 Å². The summed E-state index contributed by atoms with van der Waals surface area (Å²) in [6.45, 7) is 6.66. The summed E-state index contributed by atoms with van der Waals surface area (Å²) < 4.78 is 2.14. The molecule has 1 fully saturated rings. The predicted octanol–water partition coefficient (Wildman–Crippen LogP) is 7.36. The molecule has 9 heteroatoms. The molecule has 1 aliphatic rings. The highest BCUT2D eigenvalue weighted by atomic mass is 35.5. The van der Waals surface area contributed by atoms with Crippen LogP contribution < -0.4 is 10.6 Å². The van der Waals surface area contributed by atoms with E-state index < -0.39 is 0 Å². The number of halogens is 2. The topological polar surface area (TPSA) is 62.2 Å². The van der Waals surface area contributed by atoms with Crippen molar-refractivity contribution in [3.8, 4) is 5.69 Å². The Hall–Kier alpha value is -3.39. The molecular weight excluding hydrogens is 561 g/mol. The van der Waals surface area contributed by atoms with Gasteiger partial charge in [-0.15, -0.1) is 0 Å². The molecule has 2 N–H and O–H groups in total. The van der Waals surface area contributed by atoms with Crippen LogP contribution in [0.4, 0.5) is 5.69 Å². The molecule has 0 aliphatic carbocycles. The maximum absolute atomic E-state index is 13.1. The Labute approximate surface area is 250 Å². The first-order valence-electron chi connectivity index (χ1n) is 13.3. The van der Waals surface area contributed by atoms with Gasteiger partial charge in [0.05, 0.1) is 28.5 Å². The van der Waals surface area contributed by atoms with Crippen LogP contribution in [0.1, 0.15) is 53.6 Å². The molecule has 3 heterocycles. The van der Waals surface area contributed by atoms with Gasteiger partial charge in [-0.1, -0.05) is 54.4 Å². The van der Waals surface area contributed by atoms with Crippen molar-refractivity contribution >= 4 is 52.1 Å². The molecule has 2 aromatic carbocycles. The highest BCUT2D eigenvalue weighted by molar-refractivity contribution is 7.80. The van der Waals surface area contributed by atoms with Crippen LogP contribution in [0.15, 0.2) is 72.9 Å². The summed E-state index contributed by atoms with van der Waals surface area (Å²) in [4.78, 5) is 19.8. The van der Waals surface area contributed by atoms with Gasteiger partial charge in [-0.3, -0.25) is 9.78 Å². The zero-order valence-corrected chi connectivity index (χ0v) is 24.9. The number of aromatic nitrogens is 2. The fourth-order valence-corrected chi connectivity index (χ4v) is 6.32. The number of pyridine rings is 1. The molecular formula is C31H31Cl2N5OS. The van der Waals surface area contributed by atoms with Crippen LogP contribution in [0.25, 0.3) is 5.69 Å². The molecule has 2 atom stereocenters. The van der Waals surface area contributed by atoms with E-state index in [-0.39, 0.29) is 24.4 Å². The number of carbonyl (C=O) groups excluding carboxylic acids is 1. The first-order valence-corrected chi connectivity index (χ1v) is 14.4. The van der Waals surface area contributed by atoms with Gasteiger partial charge in [0.1, 0.15) is 0 Å². The van der Waals surface area contributed by atoms with Crippen molar-refractivity contribution in [2.75, 3.05) is 11.9 Å². The highest BCUT2D eigenvalue weighted by Gasteiger charge is 2.41. The lowest BCUT2D eigenvalue weighted by molar-refractivity contribution is -0.116. The smallest absolute Gasteiger partial charge is 0.226 e. The molecule has 2 aromatic heterocycles. The third-order valence-corrected chi connectivity index (χ3v) is 8.28. The number of thiocarbonyl (C=S) groups is 1. The van der Waals surface area contributed by atoms with Crippen LogP contribution in [0.3, 0.4) is 0 Å². The summed E-state index contributed by atoms with van der Waals surface area (Å²) in [5.41, 5.74) is 6.85. The summed E-state index contributed by atoms with van der Waals surface area (Å²) in [6.07, 6.45) is 2.92. The van der Waals surface area contributed by atoms with Crippen molar-refractivity contribution in [3.63, 3.8) is 0 Å². The quantitative estimate of drug-likeness (QED) is 0.210. The second-order valence-corrected chi connectivity index (χ2v) is 11.1. The SMILES string of the molecule is CCc1ccccc1NC(=O)CCN1C(=S)NC(c2ccccn2)C1c1cc(C)n(-c2ccc(Cl)cc2Cl)c1C. The van der Waals surface area contributed by atoms with Gasteiger partial charge in [0.15, 0.2) is 5.11 Å². The van der Waals surface area contributed by atoms with E-state index in [1.165, 1.54) is 0 Å². The van der Waals surface area contributed by atoms with Gasteiger partial charge in [-0.05, 0) is 86.1 Å². The largest absolute Gasteiger partial charge is 0.352 e. The lowest BCUT2D eigenvalue weighted by atomic mass is 9.96. The summed E-state index contributed by atoms with van der Waals surface area (Å²) in [5, 5.41) is 8.32. The average Bonchev–Trinajstić information content (AvgIpc) is 3.42. The van der Waals surface area contributed by atoms with E-state index in [1.807, 2.05) is 54.6 Å². The first-order chi connectivity index (χ1) is 19.3. The molecule has 1 aliphatic heterocycles. The van der Waals surface area contributed by atoms with Gasteiger partial charge in [-0.25, -0.2) is 0 Å². The molecule has 1 amide bonds. The van der Waals surface area contributed by atoms with Gasteiger partial charge in [-0.2, -0.15) is 0 Å². The number of benzene rings is 2. The monoisotopic (exact) mass is 591 g/mol. The van der Waals surface area contributed by atoms with Crippen molar-refractivity contribution < 1.29 is 4.79 Å². The molecule has 1 saturated heterocycles. The number of carbonyl (C=O) groups is 1. The van der Waals surface area contributed by atoms with Gasteiger partial charge >= 0.3 is 0 Å². The molecule has 0 saturated carbocycles. The maximum Gasteiger partial charge on any atom is 0.226 e. The minimum absolute atomic E-state index is 0.0536. The Morgan fingerprint density at radius 3 is 2.58 bits per heavy atom. The van der Waals surface area contributed by atoms with Crippen LogP contribution in [-0.4, -0.2) is 32.0 Å². The van der Waals surface area contributed by atoms with Gasteiger partial charge in [0, 0.05) is 41.3 Å². The fraction of sp³-hybridized carbons (Fsp3) is 0.258. The Balaban J connectivity index is 1.48. The van der Waals surface area contributed by atoms with Crippen molar-refractivity contribution in [3.05, 3.63) is 111 Å². The molecule has 6 nitrogen and oxygen atoms in total. The Kier molecular flexibility index (Phi) is 8.45. The zero-order valence-electron chi connectivity index (χ0n) is 22.6. The van der Waals surface area contributed by atoms with Crippen molar-refractivity contribution in [2.45, 2.75) is 45.7 Å². The van der Waals surface area contributed by atoms with E-state index >= 15 is 0 Å². The number of hydrogen-bond acceptors (Lipinski definition) is 3. The van der Waals surface area contributed by atoms with E-state index in [0.29, 0.717) is 21.7 Å². The third kappa shape index (κ3) is 5.59. The number of anilines is 1. The number of aryl methyl sites for hydroxylation is 2. The molecule has 2 unspecified atom stereocenters. The summed E-state index contributed by atoms with van der Waals surface area (Å²) in [5.74, 6) is -0.0536. The lowest BCUT2D eigenvalue weighted by Crippen LogP contribution is -2.33. The van der Waals surface area contributed by atoms with Crippen LogP contribution in [0, 0.1) is 13.8 Å². The number of nitrogens with zero attached hydrogens (tertiary/aromatic N) is 3. The number of amides is 1. The number of para-hydroxylation sites is 1. The van der Waals surface area contributed by atoms with E-state index in [2.05, 4.69) is 51.9 Å². The average molecular weight is 593 g/mol. The summed E-state index contributed by atoms with van der Waals surface area (Å²) >= 11 is 18.6. The highest BCUT2D eigenvalue weighted by Crippen LogP contribution is 2.42. The molecule has 0 spiro atoms. The first kappa shape index (κ1) is 28.1. The van der Waals surface area contributed by atoms with E-state index in [0.717, 1.165) is 46.0 Å². The van der Waals surface area contributed by atoms with Crippen molar-refractivity contribution in [1.29, 1.82) is 0 Å². The van der Waals surface area contributed by atoms with E-state index in [1.54, 1.807) is 12.3 Å². The minimum atomic E-state index is -0.188. The fourth-order valence-electron chi connectivity index (χ4n) is 5.49. The van der Waals surface area contributed by atoms with Crippen LogP contribution in [-0.2, 0) is 11.2 Å². The molecule has 4 aromatic rings. The van der Waals surface area contributed by atoms with Gasteiger partial charge in [0.2, 0.25) is 5.91 Å². The number of rotatable bonds is 8. The third-order valence-electron chi connectivity index (χ3n) is 7.39. The standard InChI is InChI=1S/C31H31Cl2N5OS/c1-4-21-9-5-6-10-25(21)35-28(39)14-16-37-30(29(36-31(37)40)26-11-7-8-15-34-26)23-17-19(2)38(20(23)3)27-13-12-22(32)18-24(27)33/h5-13,15,17-18,29-30H,4,14,16H2,1-3H3,(H,35,39)(H,36,40). The van der Waals surface area contributed by atoms with E-state index in [4.69, 9.17) is 35.4 Å². The molecule has 0 bridgehead atoms. The lowest BCUT2D eigenvalue weighted by Gasteiger charge is -2.28. The predicted molar refractivity (Wildman–Crippen MR) is 166 cm³/mol. The van der Waals surface area contributed by atoms with Crippen molar-refractivity contribution in [1.82, 2.24) is 19.8 Å². The summed E-state index contributed by atoms with van der Waals surface area (Å²) in [6, 6.07) is 21.1. The second-order valence-electron chi connectivity index (χ2n) is 9.89. The Morgan fingerprint density at radius 2 is 1.85 bits per heavy atom. The van der Waals surface area contributed by atoms with Crippen LogP contribution in [0.5, 0.6) is 0 Å². The minimum Gasteiger partial charge on any atom is -0.352 e. The molecule has 40 heavy (non-hydrogen) atoms. The summed E-state index contributed by atoms with van der Waals surface area (Å²) in [7, 11) is 0. The van der Waals surface area contributed by atoms with Gasteiger partial charge < -0.3 is 20.1 Å². The van der Waals surface area contributed by atoms with Crippen LogP contribution in [0.2, 0.25) is 10.0 Å². The number of nitrogens with one attached hydrogen (secondary N) is 2. The zero-order chi connectivity index (χ0) is 28.4. The Morgan fingerprint density at radius 1 is 1.07 bits per heavy atom. The molecule has 206 valence electrons. The molecule has 0 radical (unpaired) electrons. The Bertz CT molecular complexity index is 1550.